The molecule has 33 heavy (non-hydrogen) atoms. The summed E-state index contributed by atoms with van der Waals surface area (Å²) in [5.41, 5.74) is 0.471. The van der Waals surface area contributed by atoms with Crippen molar-refractivity contribution in [2.24, 2.45) is 0 Å². The summed E-state index contributed by atoms with van der Waals surface area (Å²) in [5.74, 6) is -1.02. The van der Waals surface area contributed by atoms with Crippen molar-refractivity contribution < 1.29 is 27.5 Å². The van der Waals surface area contributed by atoms with E-state index < -0.39 is 23.9 Å². The van der Waals surface area contributed by atoms with Gasteiger partial charge in [-0.15, -0.1) is 11.3 Å². The molecule has 6 nitrogen and oxygen atoms in total. The number of amides is 2. The Bertz CT molecular complexity index is 1200. The molecule has 2 N–H and O–H groups in total. The van der Waals surface area contributed by atoms with Crippen molar-refractivity contribution in [3.05, 3.63) is 70.1 Å². The summed E-state index contributed by atoms with van der Waals surface area (Å²) < 4.78 is 45.7. The van der Waals surface area contributed by atoms with Crippen molar-refractivity contribution in [3.63, 3.8) is 0 Å². The van der Waals surface area contributed by atoms with E-state index in [9.17, 15) is 22.8 Å². The number of hydrogen-bond acceptors (Lipinski definition) is 5. The number of ether oxygens (including phenoxy) is 1. The van der Waals surface area contributed by atoms with E-state index in [1.807, 2.05) is 0 Å². The molecule has 2 heterocycles. The van der Waals surface area contributed by atoms with Crippen LogP contribution in [0, 0.1) is 0 Å². The third-order valence-corrected chi connectivity index (χ3v) is 5.92. The number of nitrogens with one attached hydrogen (secondary N) is 2. The molecule has 0 saturated heterocycles. The van der Waals surface area contributed by atoms with Gasteiger partial charge in [0.15, 0.2) is 10.8 Å². The number of alkyl halides is 3. The smallest absolute Gasteiger partial charge is 0.263 e. The first-order valence-corrected chi connectivity index (χ1v) is 10.9. The van der Waals surface area contributed by atoms with E-state index in [1.165, 1.54) is 31.2 Å². The third kappa shape index (κ3) is 5.23. The van der Waals surface area contributed by atoms with Gasteiger partial charge in [-0.05, 0) is 36.2 Å². The first-order valence-electron chi connectivity index (χ1n) is 10.0. The molecule has 2 aromatic carbocycles. The summed E-state index contributed by atoms with van der Waals surface area (Å²) in [7, 11) is 0. The number of anilines is 1. The zero-order chi connectivity index (χ0) is 23.6. The number of carbonyl (C=O) groups excluding carboxylic acids is 2. The molecule has 0 fully saturated rings. The second-order valence-corrected chi connectivity index (χ2v) is 8.62. The van der Waals surface area contributed by atoms with Crippen LogP contribution in [0.5, 0.6) is 0 Å². The van der Waals surface area contributed by atoms with Crippen molar-refractivity contribution in [2.75, 3.05) is 18.5 Å². The fourth-order valence-corrected chi connectivity index (χ4v) is 4.22. The van der Waals surface area contributed by atoms with Gasteiger partial charge in [0, 0.05) is 22.1 Å². The number of thiazole rings is 1. The number of halogens is 3. The van der Waals surface area contributed by atoms with E-state index in [-0.39, 0.29) is 36.0 Å². The molecule has 172 valence electrons. The van der Waals surface area contributed by atoms with Crippen LogP contribution in [0.4, 0.5) is 18.3 Å². The molecule has 2 amide bonds. The number of benzene rings is 2. The lowest BCUT2D eigenvalue weighted by atomic mass is 9.90. The van der Waals surface area contributed by atoms with Crippen LogP contribution in [-0.4, -0.2) is 29.9 Å². The molecule has 1 aromatic heterocycles. The van der Waals surface area contributed by atoms with Crippen molar-refractivity contribution in [2.45, 2.75) is 25.6 Å². The van der Waals surface area contributed by atoms with Crippen molar-refractivity contribution in [1.29, 1.82) is 0 Å². The van der Waals surface area contributed by atoms with Gasteiger partial charge >= 0.3 is 0 Å². The molecule has 0 saturated carbocycles. The number of nitrogens with zero attached hydrogens (tertiary/aromatic N) is 1. The Balaban J connectivity index is 1.36. The minimum atomic E-state index is -2.59. The van der Waals surface area contributed by atoms with Crippen LogP contribution in [-0.2, 0) is 21.8 Å². The number of rotatable bonds is 6. The Hall–Kier alpha value is -3.24. The van der Waals surface area contributed by atoms with Gasteiger partial charge in [0.25, 0.3) is 12.3 Å². The standard InChI is InChI=1S/C23H20F3N3O3S/c1-23(26)12-32-10-16-6-5-15(8-17(16)23)21(31)27-9-19(30)29-22-28-18(11-33-22)13-3-2-4-14(7-13)20(24)25/h2-8,11,20H,9-10,12H2,1H3,(H,27,31)(H,28,29,30). The molecule has 10 heteroatoms. The van der Waals surface area contributed by atoms with Gasteiger partial charge in [-0.25, -0.2) is 18.2 Å². The highest BCUT2D eigenvalue weighted by Gasteiger charge is 2.33. The van der Waals surface area contributed by atoms with E-state index in [1.54, 1.807) is 23.6 Å². The molecule has 1 atom stereocenters. The topological polar surface area (TPSA) is 80.3 Å². The number of aromatic nitrogens is 1. The van der Waals surface area contributed by atoms with Crippen LogP contribution in [0.3, 0.4) is 0 Å². The fourth-order valence-electron chi connectivity index (χ4n) is 3.48. The van der Waals surface area contributed by atoms with Crippen molar-refractivity contribution >= 4 is 28.3 Å². The molecule has 0 bridgehead atoms. The minimum Gasteiger partial charge on any atom is -0.373 e. The molecule has 1 aliphatic rings. The van der Waals surface area contributed by atoms with E-state index in [4.69, 9.17) is 4.74 Å². The van der Waals surface area contributed by atoms with Crippen LogP contribution in [0.2, 0.25) is 0 Å². The first-order chi connectivity index (χ1) is 15.7. The number of hydrogen-bond donors (Lipinski definition) is 2. The highest BCUT2D eigenvalue weighted by Crippen LogP contribution is 2.34. The maximum Gasteiger partial charge on any atom is 0.263 e. The molecular formula is C23H20F3N3O3S. The SMILES string of the molecule is CC1(F)COCc2ccc(C(=O)NCC(=O)Nc3nc(-c4cccc(C(F)F)c4)cs3)cc21. The van der Waals surface area contributed by atoms with Gasteiger partial charge < -0.3 is 15.4 Å². The monoisotopic (exact) mass is 475 g/mol. The predicted molar refractivity (Wildman–Crippen MR) is 118 cm³/mol. The predicted octanol–water partition coefficient (Wildman–Crippen LogP) is 4.83. The lowest BCUT2D eigenvalue weighted by molar-refractivity contribution is -0.115. The van der Waals surface area contributed by atoms with Gasteiger partial charge in [0.1, 0.15) is 0 Å². The third-order valence-electron chi connectivity index (χ3n) is 5.16. The molecule has 0 spiro atoms. The summed E-state index contributed by atoms with van der Waals surface area (Å²) in [6, 6.07) is 10.5. The zero-order valence-corrected chi connectivity index (χ0v) is 18.3. The van der Waals surface area contributed by atoms with E-state index in [0.29, 0.717) is 22.4 Å². The van der Waals surface area contributed by atoms with E-state index >= 15 is 0 Å². The van der Waals surface area contributed by atoms with Gasteiger partial charge in [-0.1, -0.05) is 24.3 Å². The molecule has 0 radical (unpaired) electrons. The maximum absolute atomic E-state index is 14.7. The minimum absolute atomic E-state index is 0.0876. The molecule has 3 aromatic rings. The average molecular weight is 475 g/mol. The summed E-state index contributed by atoms with van der Waals surface area (Å²) in [6.07, 6.45) is -2.59. The molecule has 1 aliphatic heterocycles. The maximum atomic E-state index is 14.7. The molecular weight excluding hydrogens is 455 g/mol. The van der Waals surface area contributed by atoms with Gasteiger partial charge in [-0.2, -0.15) is 0 Å². The summed E-state index contributed by atoms with van der Waals surface area (Å²) >= 11 is 1.14. The van der Waals surface area contributed by atoms with Crippen LogP contribution in [0.25, 0.3) is 11.3 Å². The second kappa shape index (κ2) is 9.32. The lowest BCUT2D eigenvalue weighted by Crippen LogP contribution is -2.34. The quantitative estimate of drug-likeness (QED) is 0.535. The summed E-state index contributed by atoms with van der Waals surface area (Å²) in [6.45, 7) is 1.27. The Morgan fingerprint density at radius 1 is 1.24 bits per heavy atom. The van der Waals surface area contributed by atoms with Crippen LogP contribution >= 0.6 is 11.3 Å². The normalized spacial score (nSPS) is 17.5. The van der Waals surface area contributed by atoms with Gasteiger partial charge in [0.2, 0.25) is 5.91 Å². The summed E-state index contributed by atoms with van der Waals surface area (Å²) in [4.78, 5) is 28.9. The van der Waals surface area contributed by atoms with E-state index in [0.717, 1.165) is 11.3 Å². The molecule has 0 aliphatic carbocycles. The number of carbonyl (C=O) groups is 2. The van der Waals surface area contributed by atoms with Crippen LogP contribution in [0.15, 0.2) is 47.8 Å². The Kier molecular flexibility index (Phi) is 6.48. The molecule has 4 rings (SSSR count). The summed E-state index contributed by atoms with van der Waals surface area (Å²) in [5, 5.41) is 6.98. The Labute approximate surface area is 191 Å². The average Bonchev–Trinajstić information content (AvgIpc) is 3.25. The zero-order valence-electron chi connectivity index (χ0n) is 17.5. The fraction of sp³-hybridized carbons (Fsp3) is 0.261. The highest BCUT2D eigenvalue weighted by molar-refractivity contribution is 7.14. The molecule has 1 unspecified atom stereocenters. The largest absolute Gasteiger partial charge is 0.373 e. The number of fused-ring (bicyclic) bond motifs is 1. The highest BCUT2D eigenvalue weighted by atomic mass is 32.1. The van der Waals surface area contributed by atoms with Gasteiger partial charge in [0.05, 0.1) is 25.5 Å². The second-order valence-electron chi connectivity index (χ2n) is 7.76. The van der Waals surface area contributed by atoms with Crippen LogP contribution in [0.1, 0.15) is 40.4 Å². The lowest BCUT2D eigenvalue weighted by Gasteiger charge is -2.29. The van der Waals surface area contributed by atoms with Gasteiger partial charge in [-0.3, -0.25) is 9.59 Å². The van der Waals surface area contributed by atoms with Crippen LogP contribution < -0.4 is 10.6 Å². The Morgan fingerprint density at radius 3 is 2.85 bits per heavy atom. The van der Waals surface area contributed by atoms with Crippen molar-refractivity contribution in [3.8, 4) is 11.3 Å². The first kappa shape index (κ1) is 22.9. The Morgan fingerprint density at radius 2 is 2.06 bits per heavy atom. The van der Waals surface area contributed by atoms with E-state index in [2.05, 4.69) is 15.6 Å². The van der Waals surface area contributed by atoms with Crippen molar-refractivity contribution in [1.82, 2.24) is 10.3 Å².